The van der Waals surface area contributed by atoms with Gasteiger partial charge < -0.3 is 5.11 Å². The van der Waals surface area contributed by atoms with Crippen LogP contribution in [0.3, 0.4) is 0 Å². The predicted molar refractivity (Wildman–Crippen MR) is 49.7 cm³/mol. The van der Waals surface area contributed by atoms with E-state index < -0.39 is 5.97 Å². The third-order valence-corrected chi connectivity index (χ3v) is 1.76. The summed E-state index contributed by atoms with van der Waals surface area (Å²) in [6, 6.07) is 1.54. The molecule has 0 saturated heterocycles. The van der Waals surface area contributed by atoms with E-state index in [1.165, 1.54) is 6.20 Å². The number of hydrogen-bond acceptors (Lipinski definition) is 2. The molecule has 0 bridgehead atoms. The zero-order chi connectivity index (χ0) is 9.84. The molecule has 1 aromatic rings. The van der Waals surface area contributed by atoms with Crippen LogP contribution in [-0.4, -0.2) is 16.1 Å². The maximum absolute atomic E-state index is 10.8. The van der Waals surface area contributed by atoms with Gasteiger partial charge in [-0.1, -0.05) is 13.8 Å². The van der Waals surface area contributed by atoms with E-state index >= 15 is 0 Å². The highest BCUT2D eigenvalue weighted by Crippen LogP contribution is 2.12. The van der Waals surface area contributed by atoms with E-state index in [1.54, 1.807) is 12.3 Å². The van der Waals surface area contributed by atoms with Gasteiger partial charge in [-0.15, -0.1) is 0 Å². The molecule has 0 atom stereocenters. The molecular formula is C10H13NO2. The Morgan fingerprint density at radius 2 is 2.31 bits per heavy atom. The molecule has 0 aliphatic carbocycles. The lowest BCUT2D eigenvalue weighted by molar-refractivity contribution is 0.0695. The van der Waals surface area contributed by atoms with Gasteiger partial charge in [0.05, 0.1) is 5.56 Å². The predicted octanol–water partition coefficient (Wildman–Crippen LogP) is 1.98. The quantitative estimate of drug-likeness (QED) is 0.771. The Morgan fingerprint density at radius 1 is 1.62 bits per heavy atom. The summed E-state index contributed by atoms with van der Waals surface area (Å²) in [5.41, 5.74) is 1.17. The first-order chi connectivity index (χ1) is 6.11. The van der Waals surface area contributed by atoms with E-state index in [9.17, 15) is 4.79 Å². The van der Waals surface area contributed by atoms with E-state index in [0.717, 1.165) is 12.0 Å². The first-order valence-electron chi connectivity index (χ1n) is 4.27. The van der Waals surface area contributed by atoms with Gasteiger partial charge >= 0.3 is 5.97 Å². The van der Waals surface area contributed by atoms with Crippen LogP contribution in [0.2, 0.25) is 0 Å². The first kappa shape index (κ1) is 9.71. The zero-order valence-corrected chi connectivity index (χ0v) is 7.82. The van der Waals surface area contributed by atoms with Crippen molar-refractivity contribution in [3.63, 3.8) is 0 Å². The van der Waals surface area contributed by atoms with Crippen molar-refractivity contribution < 1.29 is 9.90 Å². The van der Waals surface area contributed by atoms with Crippen LogP contribution in [0.4, 0.5) is 0 Å². The van der Waals surface area contributed by atoms with Crippen molar-refractivity contribution in [2.24, 2.45) is 5.92 Å². The summed E-state index contributed by atoms with van der Waals surface area (Å²) in [6.07, 6.45) is 3.90. The zero-order valence-electron chi connectivity index (χ0n) is 7.82. The second-order valence-corrected chi connectivity index (χ2v) is 3.44. The van der Waals surface area contributed by atoms with Gasteiger partial charge in [-0.2, -0.15) is 0 Å². The summed E-state index contributed by atoms with van der Waals surface area (Å²) >= 11 is 0. The van der Waals surface area contributed by atoms with Crippen molar-refractivity contribution in [2.45, 2.75) is 20.3 Å². The smallest absolute Gasteiger partial charge is 0.336 e. The van der Waals surface area contributed by atoms with Gasteiger partial charge in [-0.25, -0.2) is 4.79 Å². The lowest BCUT2D eigenvalue weighted by Crippen LogP contribution is -2.05. The Bertz CT molecular complexity index is 308. The number of carboxylic acids is 1. The van der Waals surface area contributed by atoms with Gasteiger partial charge in [-0.05, 0) is 24.0 Å². The van der Waals surface area contributed by atoms with Crippen molar-refractivity contribution >= 4 is 5.97 Å². The van der Waals surface area contributed by atoms with Crippen molar-refractivity contribution in [3.05, 3.63) is 29.6 Å². The molecule has 1 aromatic heterocycles. The third-order valence-electron chi connectivity index (χ3n) is 1.76. The van der Waals surface area contributed by atoms with Crippen LogP contribution in [0, 0.1) is 5.92 Å². The molecule has 3 nitrogen and oxygen atoms in total. The fourth-order valence-electron chi connectivity index (χ4n) is 1.24. The van der Waals surface area contributed by atoms with Crippen molar-refractivity contribution in [2.75, 3.05) is 0 Å². The number of carboxylic acid groups (broad SMARTS) is 1. The second kappa shape index (κ2) is 4.03. The molecule has 0 fully saturated rings. The monoisotopic (exact) mass is 179 g/mol. The van der Waals surface area contributed by atoms with Gasteiger partial charge in [0.25, 0.3) is 0 Å². The van der Waals surface area contributed by atoms with Crippen LogP contribution in [0.5, 0.6) is 0 Å². The van der Waals surface area contributed by atoms with Crippen LogP contribution in [0.25, 0.3) is 0 Å². The molecule has 0 aromatic carbocycles. The van der Waals surface area contributed by atoms with Crippen LogP contribution < -0.4 is 0 Å². The molecule has 0 radical (unpaired) electrons. The van der Waals surface area contributed by atoms with E-state index in [-0.39, 0.29) is 0 Å². The lowest BCUT2D eigenvalue weighted by atomic mass is 10.0. The summed E-state index contributed by atoms with van der Waals surface area (Å²) in [4.78, 5) is 14.7. The summed E-state index contributed by atoms with van der Waals surface area (Å²) in [5, 5.41) is 8.85. The molecule has 1 rings (SSSR count). The molecule has 0 aliphatic rings. The summed E-state index contributed by atoms with van der Waals surface area (Å²) < 4.78 is 0. The number of carbonyl (C=O) groups is 1. The third kappa shape index (κ3) is 2.54. The van der Waals surface area contributed by atoms with Gasteiger partial charge in [0.2, 0.25) is 0 Å². The summed E-state index contributed by atoms with van der Waals surface area (Å²) in [6.45, 7) is 4.11. The number of pyridine rings is 1. The van der Waals surface area contributed by atoms with E-state index in [4.69, 9.17) is 5.11 Å². The van der Waals surface area contributed by atoms with Crippen LogP contribution in [0.1, 0.15) is 29.8 Å². The molecule has 0 saturated carbocycles. The van der Waals surface area contributed by atoms with E-state index in [0.29, 0.717) is 11.5 Å². The number of aromatic nitrogens is 1. The topological polar surface area (TPSA) is 50.2 Å². The molecule has 0 spiro atoms. The Kier molecular flexibility index (Phi) is 3.01. The summed E-state index contributed by atoms with van der Waals surface area (Å²) in [7, 11) is 0. The molecule has 70 valence electrons. The standard InChI is InChI=1S/C10H13NO2/c1-7(2)5-8-6-11-4-3-9(8)10(12)13/h3-4,6-7H,5H2,1-2H3,(H,12,13). The minimum atomic E-state index is -0.877. The summed E-state index contributed by atoms with van der Waals surface area (Å²) in [5.74, 6) is -0.430. The van der Waals surface area contributed by atoms with E-state index in [1.807, 2.05) is 0 Å². The van der Waals surface area contributed by atoms with Crippen molar-refractivity contribution in [3.8, 4) is 0 Å². The molecule has 0 unspecified atom stereocenters. The average Bonchev–Trinajstić information content (AvgIpc) is 2.03. The van der Waals surface area contributed by atoms with Gasteiger partial charge in [0.1, 0.15) is 0 Å². The first-order valence-corrected chi connectivity index (χ1v) is 4.27. The van der Waals surface area contributed by atoms with E-state index in [2.05, 4.69) is 18.8 Å². The number of aromatic carboxylic acids is 1. The number of rotatable bonds is 3. The van der Waals surface area contributed by atoms with Crippen molar-refractivity contribution in [1.29, 1.82) is 0 Å². The van der Waals surface area contributed by atoms with Gasteiger partial charge in [-0.3, -0.25) is 4.98 Å². The normalized spacial score (nSPS) is 10.4. The Balaban J connectivity index is 2.98. The number of hydrogen-bond donors (Lipinski definition) is 1. The fourth-order valence-corrected chi connectivity index (χ4v) is 1.24. The molecule has 0 amide bonds. The Labute approximate surface area is 77.4 Å². The lowest BCUT2D eigenvalue weighted by Gasteiger charge is -2.06. The Hall–Kier alpha value is -1.38. The van der Waals surface area contributed by atoms with Gasteiger partial charge in [0.15, 0.2) is 0 Å². The molecule has 13 heavy (non-hydrogen) atoms. The molecule has 1 N–H and O–H groups in total. The fraction of sp³-hybridized carbons (Fsp3) is 0.400. The van der Waals surface area contributed by atoms with Crippen LogP contribution in [0.15, 0.2) is 18.5 Å². The molecule has 1 heterocycles. The second-order valence-electron chi connectivity index (χ2n) is 3.44. The highest BCUT2D eigenvalue weighted by atomic mass is 16.4. The highest BCUT2D eigenvalue weighted by molar-refractivity contribution is 5.89. The number of nitrogens with zero attached hydrogens (tertiary/aromatic N) is 1. The molecule has 3 heteroatoms. The minimum absolute atomic E-state index is 0.365. The average molecular weight is 179 g/mol. The maximum atomic E-state index is 10.8. The largest absolute Gasteiger partial charge is 0.478 e. The van der Waals surface area contributed by atoms with Gasteiger partial charge in [0, 0.05) is 12.4 Å². The molecular weight excluding hydrogens is 166 g/mol. The van der Waals surface area contributed by atoms with Crippen molar-refractivity contribution in [1.82, 2.24) is 4.98 Å². The SMILES string of the molecule is CC(C)Cc1cnccc1C(=O)O. The highest BCUT2D eigenvalue weighted by Gasteiger charge is 2.10. The van der Waals surface area contributed by atoms with Crippen LogP contribution >= 0.6 is 0 Å². The minimum Gasteiger partial charge on any atom is -0.478 e. The van der Waals surface area contributed by atoms with Crippen LogP contribution in [-0.2, 0) is 6.42 Å². The Morgan fingerprint density at radius 3 is 2.85 bits per heavy atom. The molecule has 0 aliphatic heterocycles. The maximum Gasteiger partial charge on any atom is 0.336 e.